The number of nitrogens with one attached hydrogen (secondary N) is 1. The quantitative estimate of drug-likeness (QED) is 0.843. The maximum atomic E-state index is 11.8. The Balaban J connectivity index is 1.73. The van der Waals surface area contributed by atoms with Crippen LogP contribution < -0.4 is 10.1 Å². The second kappa shape index (κ2) is 7.38. The van der Waals surface area contributed by atoms with Crippen molar-refractivity contribution in [3.8, 4) is 5.75 Å². The number of rotatable bonds is 7. The van der Waals surface area contributed by atoms with E-state index in [9.17, 15) is 4.79 Å². The van der Waals surface area contributed by atoms with Crippen molar-refractivity contribution in [2.45, 2.75) is 19.8 Å². The molecule has 2 aromatic rings. The number of hydrogen-bond donors (Lipinski definition) is 1. The fraction of sp³-hybridized carbons (Fsp3) is 0.312. The molecule has 0 bridgehead atoms. The topological polar surface area (TPSA) is 51.5 Å². The van der Waals surface area contributed by atoms with Gasteiger partial charge in [0.15, 0.2) is 0 Å². The van der Waals surface area contributed by atoms with E-state index < -0.39 is 0 Å². The van der Waals surface area contributed by atoms with Crippen molar-refractivity contribution >= 4 is 5.91 Å². The molecule has 4 nitrogen and oxygen atoms in total. The lowest BCUT2D eigenvalue weighted by Crippen LogP contribution is -2.27. The first-order chi connectivity index (χ1) is 9.78. The van der Waals surface area contributed by atoms with E-state index in [4.69, 9.17) is 9.15 Å². The third kappa shape index (κ3) is 4.46. The molecule has 0 spiro atoms. The Kier molecular flexibility index (Phi) is 5.24. The molecule has 0 aliphatic heterocycles. The molecule has 0 aliphatic carbocycles. The molecule has 1 aromatic heterocycles. The highest BCUT2D eigenvalue weighted by Gasteiger charge is 2.04. The minimum absolute atomic E-state index is 0.0146. The molecule has 0 atom stereocenters. The predicted octanol–water partition coefficient (Wildman–Crippen LogP) is 2.58. The van der Waals surface area contributed by atoms with Gasteiger partial charge in [0.1, 0.15) is 11.5 Å². The molecule has 0 unspecified atom stereocenters. The molecule has 0 saturated carbocycles. The summed E-state index contributed by atoms with van der Waals surface area (Å²) in [5.74, 6) is 1.72. The van der Waals surface area contributed by atoms with Crippen LogP contribution in [0.2, 0.25) is 0 Å². The van der Waals surface area contributed by atoms with Crippen molar-refractivity contribution in [3.05, 3.63) is 54.0 Å². The zero-order valence-electron chi connectivity index (χ0n) is 11.6. The van der Waals surface area contributed by atoms with Crippen LogP contribution in [0.1, 0.15) is 18.2 Å². The number of carbonyl (C=O) groups is 1. The summed E-state index contributed by atoms with van der Waals surface area (Å²) in [5, 5.41) is 2.88. The van der Waals surface area contributed by atoms with E-state index in [1.807, 2.05) is 43.3 Å². The minimum Gasteiger partial charge on any atom is -0.494 e. The number of furan rings is 1. The Hall–Kier alpha value is -2.23. The summed E-state index contributed by atoms with van der Waals surface area (Å²) in [7, 11) is 0. The van der Waals surface area contributed by atoms with Crippen LogP contribution in [0.25, 0.3) is 0 Å². The van der Waals surface area contributed by atoms with Crippen LogP contribution in [0.15, 0.2) is 47.1 Å². The van der Waals surface area contributed by atoms with Gasteiger partial charge in [-0.2, -0.15) is 0 Å². The smallest absolute Gasteiger partial charge is 0.224 e. The van der Waals surface area contributed by atoms with Gasteiger partial charge in [-0.05, 0) is 36.8 Å². The van der Waals surface area contributed by atoms with Gasteiger partial charge in [-0.1, -0.05) is 12.1 Å². The second-order valence-electron chi connectivity index (χ2n) is 4.43. The summed E-state index contributed by atoms with van der Waals surface area (Å²) in [4.78, 5) is 11.8. The highest BCUT2D eigenvalue weighted by molar-refractivity contribution is 5.78. The molecule has 2 rings (SSSR count). The van der Waals surface area contributed by atoms with Crippen LogP contribution in [0, 0.1) is 0 Å². The normalized spacial score (nSPS) is 10.2. The zero-order valence-corrected chi connectivity index (χ0v) is 11.6. The van der Waals surface area contributed by atoms with Gasteiger partial charge in [0, 0.05) is 13.0 Å². The van der Waals surface area contributed by atoms with E-state index >= 15 is 0 Å². The van der Waals surface area contributed by atoms with Gasteiger partial charge in [-0.15, -0.1) is 0 Å². The monoisotopic (exact) mass is 273 g/mol. The van der Waals surface area contributed by atoms with Gasteiger partial charge in [-0.25, -0.2) is 0 Å². The zero-order chi connectivity index (χ0) is 14.2. The predicted molar refractivity (Wildman–Crippen MR) is 76.7 cm³/mol. The molecule has 1 aromatic carbocycles. The summed E-state index contributed by atoms with van der Waals surface area (Å²) < 4.78 is 10.6. The SMILES string of the molecule is CCOc1ccc(CC(=O)NCCc2ccco2)cc1. The highest BCUT2D eigenvalue weighted by Crippen LogP contribution is 2.12. The third-order valence-corrected chi connectivity index (χ3v) is 2.87. The van der Waals surface area contributed by atoms with E-state index in [2.05, 4.69) is 5.32 Å². The summed E-state index contributed by atoms with van der Waals surface area (Å²) in [6.45, 7) is 3.18. The highest BCUT2D eigenvalue weighted by atomic mass is 16.5. The molecule has 20 heavy (non-hydrogen) atoms. The first kappa shape index (κ1) is 14.2. The van der Waals surface area contributed by atoms with Crippen molar-refractivity contribution in [1.29, 1.82) is 0 Å². The minimum atomic E-state index is 0.0146. The Morgan fingerprint density at radius 3 is 2.70 bits per heavy atom. The summed E-state index contributed by atoms with van der Waals surface area (Å²) in [6, 6.07) is 11.3. The lowest BCUT2D eigenvalue weighted by Gasteiger charge is -2.06. The summed E-state index contributed by atoms with van der Waals surface area (Å²) in [6.07, 6.45) is 2.73. The van der Waals surface area contributed by atoms with E-state index in [1.54, 1.807) is 6.26 Å². The molecule has 1 N–H and O–H groups in total. The number of carbonyl (C=O) groups excluding carboxylic acids is 1. The molecular weight excluding hydrogens is 254 g/mol. The van der Waals surface area contributed by atoms with Gasteiger partial charge in [0.05, 0.1) is 19.3 Å². The molecular formula is C16H19NO3. The molecule has 0 saturated heterocycles. The average Bonchev–Trinajstić information content (AvgIpc) is 2.94. The maximum Gasteiger partial charge on any atom is 0.224 e. The van der Waals surface area contributed by atoms with Crippen LogP contribution in [0.4, 0.5) is 0 Å². The van der Waals surface area contributed by atoms with Crippen LogP contribution in [0.5, 0.6) is 5.75 Å². The van der Waals surface area contributed by atoms with E-state index in [0.717, 1.165) is 17.1 Å². The van der Waals surface area contributed by atoms with E-state index in [1.165, 1.54) is 0 Å². The summed E-state index contributed by atoms with van der Waals surface area (Å²) >= 11 is 0. The molecule has 4 heteroatoms. The van der Waals surface area contributed by atoms with Crippen LogP contribution in [0.3, 0.4) is 0 Å². The second-order valence-corrected chi connectivity index (χ2v) is 4.43. The number of amides is 1. The Morgan fingerprint density at radius 2 is 2.05 bits per heavy atom. The van der Waals surface area contributed by atoms with Crippen LogP contribution in [-0.4, -0.2) is 19.1 Å². The largest absolute Gasteiger partial charge is 0.494 e. The van der Waals surface area contributed by atoms with Gasteiger partial charge >= 0.3 is 0 Å². The first-order valence-corrected chi connectivity index (χ1v) is 6.78. The molecule has 1 amide bonds. The average molecular weight is 273 g/mol. The standard InChI is InChI=1S/C16H19NO3/c1-2-19-15-7-5-13(6-8-15)12-16(18)17-10-9-14-4-3-11-20-14/h3-8,11H,2,9-10,12H2,1H3,(H,17,18). The summed E-state index contributed by atoms with van der Waals surface area (Å²) in [5.41, 5.74) is 0.976. The molecule has 106 valence electrons. The van der Waals surface area contributed by atoms with Crippen molar-refractivity contribution in [3.63, 3.8) is 0 Å². The molecule has 1 heterocycles. The first-order valence-electron chi connectivity index (χ1n) is 6.78. The van der Waals surface area contributed by atoms with Crippen LogP contribution >= 0.6 is 0 Å². The van der Waals surface area contributed by atoms with Gasteiger partial charge < -0.3 is 14.5 Å². The maximum absolute atomic E-state index is 11.8. The molecule has 0 aliphatic rings. The number of hydrogen-bond acceptors (Lipinski definition) is 3. The molecule has 0 fully saturated rings. The fourth-order valence-electron chi connectivity index (χ4n) is 1.90. The van der Waals surface area contributed by atoms with E-state index in [-0.39, 0.29) is 5.91 Å². The van der Waals surface area contributed by atoms with Gasteiger partial charge in [0.2, 0.25) is 5.91 Å². The van der Waals surface area contributed by atoms with E-state index in [0.29, 0.717) is 26.0 Å². The third-order valence-electron chi connectivity index (χ3n) is 2.87. The van der Waals surface area contributed by atoms with Crippen molar-refractivity contribution in [2.24, 2.45) is 0 Å². The van der Waals surface area contributed by atoms with Crippen molar-refractivity contribution in [2.75, 3.05) is 13.2 Å². The lowest BCUT2D eigenvalue weighted by atomic mass is 10.1. The van der Waals surface area contributed by atoms with Crippen molar-refractivity contribution < 1.29 is 13.9 Å². The Bertz CT molecular complexity index is 517. The number of ether oxygens (including phenoxy) is 1. The van der Waals surface area contributed by atoms with Gasteiger partial charge in [0.25, 0.3) is 0 Å². The lowest BCUT2D eigenvalue weighted by molar-refractivity contribution is -0.120. The van der Waals surface area contributed by atoms with Crippen LogP contribution in [-0.2, 0) is 17.6 Å². The fourth-order valence-corrected chi connectivity index (χ4v) is 1.90. The molecule has 0 radical (unpaired) electrons. The Labute approximate surface area is 118 Å². The Morgan fingerprint density at radius 1 is 1.25 bits per heavy atom. The van der Waals surface area contributed by atoms with Gasteiger partial charge in [-0.3, -0.25) is 4.79 Å². The van der Waals surface area contributed by atoms with Crippen molar-refractivity contribution in [1.82, 2.24) is 5.32 Å². The number of benzene rings is 1.